The minimum absolute atomic E-state index is 0.382. The Morgan fingerprint density at radius 3 is 2.76 bits per heavy atom. The van der Waals surface area contributed by atoms with Gasteiger partial charge in [0.15, 0.2) is 0 Å². The van der Waals surface area contributed by atoms with Crippen LogP contribution in [0.2, 0.25) is 0 Å². The number of pyridine rings is 1. The van der Waals surface area contributed by atoms with Crippen molar-refractivity contribution in [1.29, 1.82) is 0 Å². The van der Waals surface area contributed by atoms with E-state index in [1.807, 2.05) is 18.2 Å². The molecule has 2 heterocycles. The van der Waals surface area contributed by atoms with Crippen molar-refractivity contribution in [2.75, 3.05) is 18.4 Å². The smallest absolute Gasteiger partial charge is 0.213 e. The summed E-state index contributed by atoms with van der Waals surface area (Å²) in [7, 11) is 0. The van der Waals surface area contributed by atoms with Crippen LogP contribution in [0.15, 0.2) is 43.0 Å². The van der Waals surface area contributed by atoms with Crippen LogP contribution in [0.25, 0.3) is 23.5 Å². The average molecular weight is 338 g/mol. The number of anilines is 1. The van der Waals surface area contributed by atoms with Crippen LogP contribution in [0.4, 0.5) is 10.1 Å². The molecule has 0 atom stereocenters. The number of piperidine rings is 1. The molecule has 25 heavy (non-hydrogen) atoms. The van der Waals surface area contributed by atoms with Crippen LogP contribution in [-0.2, 0) is 0 Å². The number of nitrogens with one attached hydrogen (secondary N) is 2. The van der Waals surface area contributed by atoms with Crippen LogP contribution in [0.1, 0.15) is 12.8 Å². The Morgan fingerprint density at radius 2 is 2.08 bits per heavy atom. The maximum atomic E-state index is 13.5. The largest absolute Gasteiger partial charge is 0.404 e. The van der Waals surface area contributed by atoms with E-state index in [1.54, 1.807) is 24.4 Å². The molecular weight excluding hydrogens is 315 g/mol. The molecule has 0 radical (unpaired) electrons. The highest BCUT2D eigenvalue weighted by atomic mass is 19.1. The summed E-state index contributed by atoms with van der Waals surface area (Å²) in [5, 5.41) is 8.80. The SMILES string of the molecule is C=C/C=c1/cc(-c2cccc(F)n2)cc(NC2CCNCC2)/c1=C/N. The third-order valence-corrected chi connectivity index (χ3v) is 4.39. The van der Waals surface area contributed by atoms with Crippen molar-refractivity contribution in [1.82, 2.24) is 10.3 Å². The number of nitrogens with two attached hydrogens (primary N) is 1. The molecule has 1 fully saturated rings. The predicted molar refractivity (Wildman–Crippen MR) is 102 cm³/mol. The van der Waals surface area contributed by atoms with E-state index >= 15 is 0 Å². The van der Waals surface area contributed by atoms with E-state index in [4.69, 9.17) is 5.73 Å². The van der Waals surface area contributed by atoms with E-state index in [2.05, 4.69) is 22.2 Å². The van der Waals surface area contributed by atoms with Crippen LogP contribution in [0, 0.1) is 5.95 Å². The van der Waals surface area contributed by atoms with Gasteiger partial charge in [0.25, 0.3) is 0 Å². The number of hydrogen-bond acceptors (Lipinski definition) is 4. The molecule has 1 aromatic carbocycles. The predicted octanol–water partition coefficient (Wildman–Crippen LogP) is 1.71. The van der Waals surface area contributed by atoms with Gasteiger partial charge >= 0.3 is 0 Å². The topological polar surface area (TPSA) is 63.0 Å². The normalized spacial score (nSPS) is 16.8. The van der Waals surface area contributed by atoms with Crippen molar-refractivity contribution < 1.29 is 4.39 Å². The Kier molecular flexibility index (Phi) is 5.46. The summed E-state index contributed by atoms with van der Waals surface area (Å²) in [6, 6.07) is 9.13. The summed E-state index contributed by atoms with van der Waals surface area (Å²) in [5.41, 5.74) is 8.26. The lowest BCUT2D eigenvalue weighted by Crippen LogP contribution is -2.38. The zero-order valence-corrected chi connectivity index (χ0v) is 14.1. The van der Waals surface area contributed by atoms with Crippen molar-refractivity contribution in [3.8, 4) is 11.3 Å². The van der Waals surface area contributed by atoms with Gasteiger partial charge in [-0.2, -0.15) is 4.39 Å². The first kappa shape index (κ1) is 17.2. The summed E-state index contributed by atoms with van der Waals surface area (Å²) in [6.45, 7) is 5.77. The second-order valence-corrected chi connectivity index (χ2v) is 6.11. The molecule has 1 aliphatic heterocycles. The number of benzene rings is 1. The molecule has 5 heteroatoms. The van der Waals surface area contributed by atoms with Gasteiger partial charge in [-0.3, -0.25) is 0 Å². The fourth-order valence-corrected chi connectivity index (χ4v) is 3.15. The Balaban J connectivity index is 2.11. The van der Waals surface area contributed by atoms with E-state index < -0.39 is 5.95 Å². The van der Waals surface area contributed by atoms with Gasteiger partial charge in [0, 0.05) is 28.7 Å². The van der Waals surface area contributed by atoms with Crippen molar-refractivity contribution >= 4 is 18.0 Å². The zero-order chi connectivity index (χ0) is 17.6. The average Bonchev–Trinajstić information content (AvgIpc) is 2.63. The number of aromatic nitrogens is 1. The third-order valence-electron chi connectivity index (χ3n) is 4.39. The lowest BCUT2D eigenvalue weighted by atomic mass is 10.0. The van der Waals surface area contributed by atoms with E-state index in [0.717, 1.165) is 47.6 Å². The lowest BCUT2D eigenvalue weighted by molar-refractivity contribution is 0.479. The van der Waals surface area contributed by atoms with Crippen molar-refractivity contribution in [3.05, 3.63) is 59.4 Å². The maximum absolute atomic E-state index is 13.5. The van der Waals surface area contributed by atoms with Gasteiger partial charge in [0.05, 0.1) is 5.69 Å². The molecule has 3 rings (SSSR count). The molecule has 1 aliphatic rings. The number of allylic oxidation sites excluding steroid dienone is 1. The molecular formula is C20H23FN4. The minimum Gasteiger partial charge on any atom is -0.404 e. The van der Waals surface area contributed by atoms with Crippen LogP contribution in [0.3, 0.4) is 0 Å². The van der Waals surface area contributed by atoms with Crippen LogP contribution < -0.4 is 26.8 Å². The van der Waals surface area contributed by atoms with E-state index in [1.165, 1.54) is 6.07 Å². The Morgan fingerprint density at radius 1 is 1.28 bits per heavy atom. The van der Waals surface area contributed by atoms with Gasteiger partial charge in [-0.25, -0.2) is 4.98 Å². The Hall–Kier alpha value is -2.66. The fourth-order valence-electron chi connectivity index (χ4n) is 3.15. The van der Waals surface area contributed by atoms with E-state index in [0.29, 0.717) is 11.7 Å². The van der Waals surface area contributed by atoms with Gasteiger partial charge < -0.3 is 16.4 Å². The molecule has 0 unspecified atom stereocenters. The molecule has 0 bridgehead atoms. The number of rotatable bonds is 4. The quantitative estimate of drug-likeness (QED) is 0.743. The molecule has 0 saturated carbocycles. The maximum Gasteiger partial charge on any atom is 0.213 e. The highest BCUT2D eigenvalue weighted by Gasteiger charge is 2.14. The standard InChI is InChI=1S/C20H23FN4/c1-2-4-14-11-15(18-5-3-6-20(21)25-18)12-19(17(14)13-22)24-16-7-9-23-10-8-16/h2-6,11-13,16,23-24H,1,7-10,22H2/b14-4-,17-13+. The Labute approximate surface area is 147 Å². The van der Waals surface area contributed by atoms with E-state index in [-0.39, 0.29) is 0 Å². The molecule has 0 spiro atoms. The summed E-state index contributed by atoms with van der Waals surface area (Å²) < 4.78 is 13.5. The molecule has 0 amide bonds. The molecule has 1 saturated heterocycles. The van der Waals surface area contributed by atoms with Gasteiger partial charge in [0.1, 0.15) is 0 Å². The van der Waals surface area contributed by atoms with Crippen molar-refractivity contribution in [2.24, 2.45) is 5.73 Å². The first-order valence-electron chi connectivity index (χ1n) is 8.50. The summed E-state index contributed by atoms with van der Waals surface area (Å²) in [6.07, 6.45) is 7.32. The van der Waals surface area contributed by atoms with Gasteiger partial charge in [-0.1, -0.05) is 24.8 Å². The van der Waals surface area contributed by atoms with Gasteiger partial charge in [-0.05, 0) is 55.4 Å². The van der Waals surface area contributed by atoms with Crippen LogP contribution >= 0.6 is 0 Å². The monoisotopic (exact) mass is 338 g/mol. The first-order chi connectivity index (χ1) is 12.2. The van der Waals surface area contributed by atoms with Crippen LogP contribution in [-0.4, -0.2) is 24.1 Å². The van der Waals surface area contributed by atoms with Crippen molar-refractivity contribution in [2.45, 2.75) is 18.9 Å². The molecule has 1 aromatic heterocycles. The number of hydrogen-bond donors (Lipinski definition) is 3. The highest BCUT2D eigenvalue weighted by Crippen LogP contribution is 2.19. The summed E-state index contributed by atoms with van der Waals surface area (Å²) in [4.78, 5) is 4.00. The fraction of sp³-hybridized carbons (Fsp3) is 0.250. The van der Waals surface area contributed by atoms with Crippen molar-refractivity contribution in [3.63, 3.8) is 0 Å². The second-order valence-electron chi connectivity index (χ2n) is 6.11. The zero-order valence-electron chi connectivity index (χ0n) is 14.1. The summed E-state index contributed by atoms with van der Waals surface area (Å²) in [5.74, 6) is -0.492. The number of nitrogens with zero attached hydrogens (tertiary/aromatic N) is 1. The van der Waals surface area contributed by atoms with Crippen LogP contribution in [0.5, 0.6) is 0 Å². The van der Waals surface area contributed by atoms with E-state index in [9.17, 15) is 4.39 Å². The molecule has 0 aliphatic carbocycles. The third kappa shape index (κ3) is 4.06. The molecule has 4 N–H and O–H groups in total. The minimum atomic E-state index is -0.492. The van der Waals surface area contributed by atoms with Gasteiger partial charge in [-0.15, -0.1) is 0 Å². The molecule has 4 nitrogen and oxygen atoms in total. The summed E-state index contributed by atoms with van der Waals surface area (Å²) >= 11 is 0. The second kappa shape index (κ2) is 7.94. The lowest BCUT2D eigenvalue weighted by Gasteiger charge is -2.25. The highest BCUT2D eigenvalue weighted by molar-refractivity contribution is 5.67. The van der Waals surface area contributed by atoms with Gasteiger partial charge in [0.2, 0.25) is 5.95 Å². The molecule has 130 valence electrons. The first-order valence-corrected chi connectivity index (χ1v) is 8.50. The Bertz CT molecular complexity index is 870. The number of halogens is 1. The molecule has 2 aromatic rings.